The first kappa shape index (κ1) is 61.5. The number of phosphoric acid groups is 2. The zero-order valence-corrected chi connectivity index (χ0v) is 41.6. The monoisotopic (exact) mass is 1020 g/mol. The third-order valence-corrected chi connectivity index (χ3v) is 13.0. The van der Waals surface area contributed by atoms with Gasteiger partial charge in [-0.15, -0.1) is 0 Å². The van der Waals surface area contributed by atoms with Crippen molar-refractivity contribution in [1.29, 1.82) is 0 Å². The molecule has 0 aromatic carbocycles. The van der Waals surface area contributed by atoms with Crippen LogP contribution in [0.1, 0.15) is 123 Å². The molecule has 1 aliphatic rings. The van der Waals surface area contributed by atoms with Crippen LogP contribution < -0.4 is 11.4 Å². The Balaban J connectivity index is 1.91. The van der Waals surface area contributed by atoms with Crippen LogP contribution in [0.3, 0.4) is 0 Å². The molecule has 0 bridgehead atoms. The molecule has 2 rings (SSSR count). The fraction of sp³-hybridized carbons (Fsp3) is 0.652. The zero-order valence-electron chi connectivity index (χ0n) is 39.8. The predicted molar refractivity (Wildman–Crippen MR) is 256 cm³/mol. The van der Waals surface area contributed by atoms with Crippen molar-refractivity contribution in [2.45, 2.75) is 166 Å². The highest BCUT2D eigenvalue weighted by molar-refractivity contribution is 7.61. The van der Waals surface area contributed by atoms with Crippen molar-refractivity contribution in [1.82, 2.24) is 9.55 Å². The lowest BCUT2D eigenvalue weighted by Crippen LogP contribution is -2.36. The topological polar surface area (TPSA) is 326 Å². The van der Waals surface area contributed by atoms with E-state index in [1.165, 1.54) is 37.5 Å². The number of nitrogen functional groups attached to an aromatic ring is 1. The SMILES string of the molecule is CC/C=C\C[C@@H](O)/C=C/C=C/C=C\C=C/[C@H](O)[C@@H](O)CCCC(=O)OC[C@H](COP(=O)(O)OP(=O)(O)OC[C@H]1O[C@@H](n2ccc(N)nc2=O)[C@H](O)[C@@H]1O)OC(=O)CCCCCCCCCCC(C)C. The van der Waals surface area contributed by atoms with Crippen LogP contribution in [0.5, 0.6) is 0 Å². The van der Waals surface area contributed by atoms with Crippen molar-refractivity contribution in [2.24, 2.45) is 5.92 Å². The zero-order chi connectivity index (χ0) is 51.2. The van der Waals surface area contributed by atoms with E-state index in [4.69, 9.17) is 29.0 Å². The highest BCUT2D eigenvalue weighted by atomic mass is 31.3. The van der Waals surface area contributed by atoms with Crippen molar-refractivity contribution in [2.75, 3.05) is 25.6 Å². The minimum atomic E-state index is -5.50. The van der Waals surface area contributed by atoms with Gasteiger partial charge in [0.05, 0.1) is 31.5 Å². The maximum absolute atomic E-state index is 12.8. The minimum absolute atomic E-state index is 0.00581. The van der Waals surface area contributed by atoms with Gasteiger partial charge in [-0.25, -0.2) is 13.9 Å². The molecule has 1 saturated heterocycles. The van der Waals surface area contributed by atoms with Gasteiger partial charge in [-0.05, 0) is 44.1 Å². The van der Waals surface area contributed by atoms with Crippen molar-refractivity contribution >= 4 is 33.4 Å². The first-order valence-electron chi connectivity index (χ1n) is 23.5. The van der Waals surface area contributed by atoms with Gasteiger partial charge in [0.25, 0.3) is 0 Å². The van der Waals surface area contributed by atoms with Gasteiger partial charge in [-0.1, -0.05) is 133 Å². The van der Waals surface area contributed by atoms with Crippen LogP contribution >= 0.6 is 15.6 Å². The van der Waals surface area contributed by atoms with E-state index in [9.17, 15) is 58.8 Å². The van der Waals surface area contributed by atoms with Crippen LogP contribution in [0, 0.1) is 5.92 Å². The standard InChI is InChI=1S/C46H75N3O18P2/c1-4-5-16-23-35(50)24-18-13-10-11-14-19-25-37(51)38(52)26-21-28-41(53)62-31-36(65-42(54)27-20-15-9-7-6-8-12-17-22-34(2)3)32-63-68(58,59)67-69(60,61)64-33-39-43(55)44(56)45(66-39)49-30-29-40(47)48-46(49)57/h5,10-11,13-14,16,18-19,24-25,29-30,34-39,43-45,50-52,55-56H,4,6-9,12,15,17,20-23,26-28,31-33H2,1-3H3,(H,58,59)(H,60,61)(H2,47,48,57)/b13-10+,14-11-,16-5-,24-18+,25-19-/t35-,36-,37+,38+,39-,43-,44-,45-/m1/s1. The average molecular weight is 1020 g/mol. The number of aliphatic hydroxyl groups excluding tert-OH is 5. The van der Waals surface area contributed by atoms with E-state index in [-0.39, 0.29) is 31.5 Å². The maximum atomic E-state index is 12.8. The molecule has 21 nitrogen and oxygen atoms in total. The van der Waals surface area contributed by atoms with Crippen LogP contribution in [0.4, 0.5) is 5.82 Å². The third-order valence-electron chi connectivity index (χ3n) is 10.4. The minimum Gasteiger partial charge on any atom is -0.462 e. The molecule has 69 heavy (non-hydrogen) atoms. The molecule has 0 radical (unpaired) electrons. The molecule has 1 aromatic heterocycles. The highest BCUT2D eigenvalue weighted by Gasteiger charge is 2.46. The first-order valence-corrected chi connectivity index (χ1v) is 26.5. The number of rotatable bonds is 36. The number of anilines is 1. The summed E-state index contributed by atoms with van der Waals surface area (Å²) in [6, 6.07) is 1.22. The number of carbonyl (C=O) groups is 2. The van der Waals surface area contributed by atoms with E-state index in [1.807, 2.05) is 19.1 Å². The Labute approximate surface area is 404 Å². The van der Waals surface area contributed by atoms with Gasteiger partial charge in [-0.3, -0.25) is 23.2 Å². The molecule has 0 amide bonds. The fourth-order valence-electron chi connectivity index (χ4n) is 6.60. The number of carbonyl (C=O) groups excluding carboxylic acids is 2. The van der Waals surface area contributed by atoms with E-state index in [1.54, 1.807) is 36.5 Å². The first-order chi connectivity index (χ1) is 32.7. The van der Waals surface area contributed by atoms with Crippen LogP contribution in [0.15, 0.2) is 77.8 Å². The molecule has 10 atom stereocenters. The number of ether oxygens (including phenoxy) is 3. The number of esters is 2. The molecule has 0 saturated carbocycles. The number of unbranched alkanes of at least 4 members (excludes halogenated alkanes) is 7. The Kier molecular flexibility index (Phi) is 30.1. The number of aliphatic hydroxyl groups is 5. The number of allylic oxidation sites excluding steroid dienone is 7. The number of hydrogen-bond acceptors (Lipinski definition) is 18. The Morgan fingerprint density at radius 2 is 1.42 bits per heavy atom. The molecule has 392 valence electrons. The van der Waals surface area contributed by atoms with Gasteiger partial charge in [0.1, 0.15) is 30.7 Å². The molecule has 2 unspecified atom stereocenters. The summed E-state index contributed by atoms with van der Waals surface area (Å²) in [5.74, 6) is -0.974. The summed E-state index contributed by atoms with van der Waals surface area (Å²) in [4.78, 5) is 61.7. The molecule has 0 spiro atoms. The quantitative estimate of drug-likeness (QED) is 0.0134. The summed E-state index contributed by atoms with van der Waals surface area (Å²) in [6.45, 7) is 3.81. The lowest BCUT2D eigenvalue weighted by molar-refractivity contribution is -0.161. The smallest absolute Gasteiger partial charge is 0.462 e. The second-order valence-corrected chi connectivity index (χ2v) is 20.0. The summed E-state index contributed by atoms with van der Waals surface area (Å²) >= 11 is 0. The van der Waals surface area contributed by atoms with Crippen LogP contribution in [0.25, 0.3) is 0 Å². The lowest BCUT2D eigenvalue weighted by Gasteiger charge is -2.21. The second kappa shape index (κ2) is 33.8. The summed E-state index contributed by atoms with van der Waals surface area (Å²) in [7, 11) is -11.0. The molecule has 9 N–H and O–H groups in total. The lowest BCUT2D eigenvalue weighted by atomic mass is 10.0. The van der Waals surface area contributed by atoms with E-state index in [0.717, 1.165) is 49.3 Å². The molecular weight excluding hydrogens is 944 g/mol. The number of nitrogens with two attached hydrogens (primary N) is 1. The van der Waals surface area contributed by atoms with Crippen LogP contribution in [0.2, 0.25) is 0 Å². The molecular formula is C46H75N3O18P2. The van der Waals surface area contributed by atoms with Crippen LogP contribution in [-0.4, -0.2) is 119 Å². The van der Waals surface area contributed by atoms with Crippen molar-refractivity contribution in [3.63, 3.8) is 0 Å². The number of hydrogen-bond donors (Lipinski definition) is 8. The largest absolute Gasteiger partial charge is 0.481 e. The summed E-state index contributed by atoms with van der Waals surface area (Å²) in [6.07, 6.45) is 17.2. The van der Waals surface area contributed by atoms with Gasteiger partial charge >= 0.3 is 33.3 Å². The maximum Gasteiger partial charge on any atom is 0.481 e. The number of phosphoric ester groups is 2. The Hall–Kier alpha value is -3.66. The Morgan fingerprint density at radius 1 is 0.812 bits per heavy atom. The predicted octanol–water partition coefficient (Wildman–Crippen LogP) is 5.54. The van der Waals surface area contributed by atoms with Crippen molar-refractivity contribution in [3.05, 3.63) is 83.5 Å². The molecule has 1 aromatic rings. The summed E-state index contributed by atoms with van der Waals surface area (Å²) in [5, 5.41) is 51.4. The highest BCUT2D eigenvalue weighted by Crippen LogP contribution is 2.60. The number of aromatic nitrogens is 2. The normalized spacial score (nSPS) is 21.4. The van der Waals surface area contributed by atoms with E-state index in [0.29, 0.717) is 18.8 Å². The van der Waals surface area contributed by atoms with Crippen molar-refractivity contribution in [3.8, 4) is 0 Å². The van der Waals surface area contributed by atoms with Crippen molar-refractivity contribution < 1.29 is 81.6 Å². The average Bonchev–Trinajstić information content (AvgIpc) is 3.56. The fourth-order valence-corrected chi connectivity index (χ4v) is 8.71. The molecule has 23 heteroatoms. The van der Waals surface area contributed by atoms with E-state index >= 15 is 0 Å². The van der Waals surface area contributed by atoms with Gasteiger partial charge in [0, 0.05) is 19.0 Å². The number of nitrogens with zero attached hydrogens (tertiary/aromatic N) is 2. The Bertz CT molecular complexity index is 1960. The van der Waals surface area contributed by atoms with E-state index < -0.39 is 102 Å². The van der Waals surface area contributed by atoms with Gasteiger partial charge in [-0.2, -0.15) is 9.29 Å². The molecule has 1 fully saturated rings. The van der Waals surface area contributed by atoms with Gasteiger partial charge in [0.15, 0.2) is 12.3 Å². The third kappa shape index (κ3) is 27.5. The molecule has 1 aliphatic heterocycles. The van der Waals surface area contributed by atoms with Crippen LogP contribution in [-0.2, 0) is 46.3 Å². The van der Waals surface area contributed by atoms with E-state index in [2.05, 4.69) is 23.1 Å². The van der Waals surface area contributed by atoms with Gasteiger partial charge in [0.2, 0.25) is 0 Å². The summed E-state index contributed by atoms with van der Waals surface area (Å²) in [5.41, 5.74) is 4.54. The summed E-state index contributed by atoms with van der Waals surface area (Å²) < 4.78 is 56.3. The molecule has 0 aliphatic carbocycles. The second-order valence-electron chi connectivity index (χ2n) is 16.9. The Morgan fingerprint density at radius 3 is 2.07 bits per heavy atom. The molecule has 2 heterocycles. The van der Waals surface area contributed by atoms with Gasteiger partial charge < -0.3 is 55.3 Å².